The van der Waals surface area contributed by atoms with Crippen LogP contribution in [0.1, 0.15) is 18.4 Å². The zero-order chi connectivity index (χ0) is 20.4. The lowest BCUT2D eigenvalue weighted by Crippen LogP contribution is -2.27. The molecule has 4 rings (SSSR count). The standard InChI is InChI=1S/C21H27Cl2N3OS2/c1-14(27-13-15-6-18(22)8-19(23)7-15)25-9-16-11-26(12-17(16)10-25)29-21-4-2-20(28-24)3-5-21/h2,4,6-8,16-17,20-21H,1,3,5,9-13,24H2. The van der Waals surface area contributed by atoms with Crippen molar-refractivity contribution in [3.8, 4) is 0 Å². The van der Waals surface area contributed by atoms with Gasteiger partial charge in [-0.3, -0.25) is 5.14 Å². The Morgan fingerprint density at radius 3 is 2.24 bits per heavy atom. The number of likely N-dealkylation sites (tertiary alicyclic amines) is 1. The van der Waals surface area contributed by atoms with Crippen LogP contribution in [0.2, 0.25) is 10.0 Å². The number of rotatable bonds is 7. The molecule has 4 unspecified atom stereocenters. The third-order valence-corrected chi connectivity index (χ3v) is 8.31. The van der Waals surface area contributed by atoms with Crippen molar-refractivity contribution >= 4 is 47.1 Å². The Labute approximate surface area is 192 Å². The summed E-state index contributed by atoms with van der Waals surface area (Å²) in [6, 6.07) is 5.48. The molecule has 1 aromatic rings. The maximum Gasteiger partial charge on any atom is 0.182 e. The van der Waals surface area contributed by atoms with Gasteiger partial charge >= 0.3 is 0 Å². The molecule has 2 saturated heterocycles. The molecule has 0 spiro atoms. The zero-order valence-corrected chi connectivity index (χ0v) is 19.5. The van der Waals surface area contributed by atoms with Crippen LogP contribution in [0, 0.1) is 11.8 Å². The van der Waals surface area contributed by atoms with Crippen molar-refractivity contribution in [2.75, 3.05) is 26.2 Å². The molecule has 0 amide bonds. The highest BCUT2D eigenvalue weighted by atomic mass is 35.5. The van der Waals surface area contributed by atoms with E-state index < -0.39 is 0 Å². The molecule has 4 atom stereocenters. The minimum Gasteiger partial charge on any atom is -0.475 e. The van der Waals surface area contributed by atoms with Crippen LogP contribution in [-0.2, 0) is 11.3 Å². The lowest BCUT2D eigenvalue weighted by Gasteiger charge is -2.27. The van der Waals surface area contributed by atoms with Crippen molar-refractivity contribution in [1.29, 1.82) is 0 Å². The molecule has 158 valence electrons. The molecule has 0 radical (unpaired) electrons. The van der Waals surface area contributed by atoms with Gasteiger partial charge in [0, 0.05) is 46.7 Å². The largest absolute Gasteiger partial charge is 0.475 e. The first kappa shape index (κ1) is 21.7. The van der Waals surface area contributed by atoms with Crippen LogP contribution >= 0.6 is 47.1 Å². The SMILES string of the molecule is C=C(OCc1cc(Cl)cc(Cl)c1)N1CC2CN(SC3C=CC(SN)CC3)CC2C1. The minimum atomic E-state index is 0.434. The van der Waals surface area contributed by atoms with E-state index in [0.717, 1.165) is 37.6 Å². The van der Waals surface area contributed by atoms with Gasteiger partial charge in [0.2, 0.25) is 0 Å². The minimum absolute atomic E-state index is 0.434. The monoisotopic (exact) mass is 471 g/mol. The summed E-state index contributed by atoms with van der Waals surface area (Å²) in [4.78, 5) is 2.28. The molecule has 0 saturated carbocycles. The van der Waals surface area contributed by atoms with Crippen molar-refractivity contribution < 1.29 is 4.74 Å². The summed E-state index contributed by atoms with van der Waals surface area (Å²) in [7, 11) is 0. The van der Waals surface area contributed by atoms with E-state index in [9.17, 15) is 0 Å². The number of hydrogen-bond donors (Lipinski definition) is 1. The van der Waals surface area contributed by atoms with Gasteiger partial charge in [-0.15, -0.1) is 0 Å². The van der Waals surface area contributed by atoms with Gasteiger partial charge in [-0.05, 0) is 55.0 Å². The first-order chi connectivity index (χ1) is 14.0. The van der Waals surface area contributed by atoms with Crippen molar-refractivity contribution in [1.82, 2.24) is 9.21 Å². The van der Waals surface area contributed by atoms with Gasteiger partial charge in [0.15, 0.2) is 5.88 Å². The van der Waals surface area contributed by atoms with E-state index in [1.54, 1.807) is 6.07 Å². The maximum atomic E-state index is 6.06. The normalized spacial score (nSPS) is 29.3. The number of nitrogens with zero attached hydrogens (tertiary/aromatic N) is 2. The molecule has 2 aliphatic heterocycles. The van der Waals surface area contributed by atoms with Crippen LogP contribution in [0.4, 0.5) is 0 Å². The van der Waals surface area contributed by atoms with Gasteiger partial charge in [-0.2, -0.15) is 0 Å². The lowest BCUT2D eigenvalue weighted by molar-refractivity contribution is 0.112. The molecule has 0 aromatic heterocycles. The second-order valence-corrected chi connectivity index (χ2v) is 11.1. The van der Waals surface area contributed by atoms with Gasteiger partial charge in [-0.1, -0.05) is 59.2 Å². The highest BCUT2D eigenvalue weighted by Crippen LogP contribution is 2.39. The van der Waals surface area contributed by atoms with Crippen LogP contribution in [0.25, 0.3) is 0 Å². The van der Waals surface area contributed by atoms with Crippen LogP contribution in [-0.4, -0.2) is 45.9 Å². The summed E-state index contributed by atoms with van der Waals surface area (Å²) in [6.07, 6.45) is 7.01. The van der Waals surface area contributed by atoms with E-state index in [1.807, 2.05) is 24.1 Å². The smallest absolute Gasteiger partial charge is 0.182 e. The second-order valence-electron chi connectivity index (χ2n) is 8.01. The van der Waals surface area contributed by atoms with E-state index >= 15 is 0 Å². The van der Waals surface area contributed by atoms with Gasteiger partial charge in [0.1, 0.15) is 6.61 Å². The summed E-state index contributed by atoms with van der Waals surface area (Å²) in [5, 5.41) is 8.03. The maximum absolute atomic E-state index is 6.06. The van der Waals surface area contributed by atoms with Crippen molar-refractivity contribution in [2.24, 2.45) is 17.0 Å². The fraction of sp³-hybridized carbons (Fsp3) is 0.524. The first-order valence-corrected chi connectivity index (χ1v) is 12.5. The molecule has 4 nitrogen and oxygen atoms in total. The number of hydrogen-bond acceptors (Lipinski definition) is 6. The summed E-state index contributed by atoms with van der Waals surface area (Å²) in [5.74, 6) is 2.11. The number of halogens is 2. The first-order valence-electron chi connectivity index (χ1n) is 9.97. The Morgan fingerprint density at radius 1 is 1.03 bits per heavy atom. The summed E-state index contributed by atoms with van der Waals surface area (Å²) >= 11 is 15.6. The molecule has 0 bridgehead atoms. The average molecular weight is 473 g/mol. The Kier molecular flexibility index (Phi) is 7.30. The van der Waals surface area contributed by atoms with Gasteiger partial charge < -0.3 is 9.64 Å². The molecular weight excluding hydrogens is 445 g/mol. The van der Waals surface area contributed by atoms with E-state index in [2.05, 4.69) is 27.9 Å². The van der Waals surface area contributed by atoms with Crippen LogP contribution in [0.5, 0.6) is 0 Å². The third-order valence-electron chi connectivity index (χ3n) is 5.87. The summed E-state index contributed by atoms with van der Waals surface area (Å²) in [6.45, 7) is 8.90. The molecule has 8 heteroatoms. The number of benzene rings is 1. The Balaban J connectivity index is 1.22. The predicted molar refractivity (Wildman–Crippen MR) is 126 cm³/mol. The van der Waals surface area contributed by atoms with Crippen LogP contribution in [0.15, 0.2) is 42.8 Å². The highest BCUT2D eigenvalue weighted by molar-refractivity contribution is 7.98. The lowest BCUT2D eigenvalue weighted by atomic mass is 10.0. The van der Waals surface area contributed by atoms with E-state index in [0.29, 0.717) is 39.0 Å². The summed E-state index contributed by atoms with van der Waals surface area (Å²) < 4.78 is 8.49. The van der Waals surface area contributed by atoms with E-state index in [1.165, 1.54) is 24.8 Å². The fourth-order valence-electron chi connectivity index (χ4n) is 4.35. The molecule has 1 aliphatic carbocycles. The predicted octanol–water partition coefficient (Wildman–Crippen LogP) is 5.19. The topological polar surface area (TPSA) is 41.7 Å². The number of ether oxygens (including phenoxy) is 1. The van der Waals surface area contributed by atoms with E-state index in [-0.39, 0.29) is 0 Å². The van der Waals surface area contributed by atoms with Crippen molar-refractivity contribution in [2.45, 2.75) is 29.9 Å². The fourth-order valence-corrected chi connectivity index (χ4v) is 6.72. The average Bonchev–Trinajstić information content (AvgIpc) is 3.24. The van der Waals surface area contributed by atoms with Gasteiger partial charge in [-0.25, -0.2) is 4.31 Å². The Morgan fingerprint density at radius 2 is 1.66 bits per heavy atom. The second kappa shape index (κ2) is 9.75. The highest BCUT2D eigenvalue weighted by Gasteiger charge is 2.41. The van der Waals surface area contributed by atoms with E-state index in [4.69, 9.17) is 33.1 Å². The zero-order valence-electron chi connectivity index (χ0n) is 16.3. The summed E-state index contributed by atoms with van der Waals surface area (Å²) in [5.41, 5.74) is 0.960. The van der Waals surface area contributed by atoms with Gasteiger partial charge in [0.25, 0.3) is 0 Å². The number of nitrogens with two attached hydrogens (primary N) is 1. The van der Waals surface area contributed by atoms with Crippen molar-refractivity contribution in [3.05, 3.63) is 58.4 Å². The quantitative estimate of drug-likeness (QED) is 0.335. The van der Waals surface area contributed by atoms with Crippen LogP contribution < -0.4 is 5.14 Å². The third kappa shape index (κ3) is 5.60. The molecular formula is C21H27Cl2N3OS2. The van der Waals surface area contributed by atoms with Crippen LogP contribution in [0.3, 0.4) is 0 Å². The molecule has 2 N–H and O–H groups in total. The molecule has 2 fully saturated rings. The molecule has 3 aliphatic rings. The van der Waals surface area contributed by atoms with Crippen molar-refractivity contribution in [3.63, 3.8) is 0 Å². The molecule has 2 heterocycles. The Hall–Kier alpha value is -0.500. The number of fused-ring (bicyclic) bond motifs is 1. The van der Waals surface area contributed by atoms with Gasteiger partial charge in [0.05, 0.1) is 0 Å². The molecule has 29 heavy (non-hydrogen) atoms. The molecule has 1 aromatic carbocycles. The Bertz CT molecular complexity index is 744.